The van der Waals surface area contributed by atoms with Gasteiger partial charge in [0.15, 0.2) is 0 Å². The van der Waals surface area contributed by atoms with Crippen molar-refractivity contribution in [3.8, 4) is 0 Å². The minimum absolute atomic E-state index is 0.0541. The Hall–Kier alpha value is -1.28. The number of nitrogens with zero attached hydrogens (tertiary/aromatic N) is 1. The van der Waals surface area contributed by atoms with Crippen LogP contribution in [-0.4, -0.2) is 73.4 Å². The van der Waals surface area contributed by atoms with E-state index in [1.807, 2.05) is 27.2 Å². The molecule has 0 radical (unpaired) electrons. The van der Waals surface area contributed by atoms with Crippen LogP contribution in [0, 0.1) is 0 Å². The topological polar surface area (TPSA) is 105 Å². The number of hydrogen-bond donors (Lipinski definition) is 3. The van der Waals surface area contributed by atoms with E-state index in [1.165, 1.54) is 128 Å². The summed E-state index contributed by atoms with van der Waals surface area (Å²) in [6.45, 7) is 4.74. The zero-order chi connectivity index (χ0) is 40.0. The van der Waals surface area contributed by atoms with E-state index in [-0.39, 0.29) is 19.1 Å². The third-order valence-electron chi connectivity index (χ3n) is 9.84. The number of rotatable bonds is 40. The first-order valence-electron chi connectivity index (χ1n) is 22.4. The smallest absolute Gasteiger partial charge is 0.387 e. The molecular weight excluding hydrogens is 695 g/mol. The highest BCUT2D eigenvalue weighted by Gasteiger charge is 2.27. The lowest BCUT2D eigenvalue weighted by Crippen LogP contribution is -2.45. The molecule has 3 N–H and O–H groups in total. The summed E-state index contributed by atoms with van der Waals surface area (Å²) in [6, 6.07) is -0.864. The molecule has 0 aromatic heterocycles. The van der Waals surface area contributed by atoms with Gasteiger partial charge in [0, 0.05) is 6.42 Å². The number of carbonyl (C=O) groups is 1. The first-order valence-corrected chi connectivity index (χ1v) is 23.9. The average molecular weight is 784 g/mol. The van der Waals surface area contributed by atoms with Gasteiger partial charge in [0.05, 0.1) is 39.9 Å². The van der Waals surface area contributed by atoms with E-state index in [0.29, 0.717) is 17.4 Å². The molecule has 0 spiro atoms. The highest BCUT2D eigenvalue weighted by Crippen LogP contribution is 2.43. The first-order chi connectivity index (χ1) is 26.0. The van der Waals surface area contributed by atoms with E-state index in [9.17, 15) is 19.4 Å². The van der Waals surface area contributed by atoms with E-state index < -0.39 is 20.0 Å². The molecule has 0 heterocycles. The van der Waals surface area contributed by atoms with Gasteiger partial charge in [0.25, 0.3) is 0 Å². The predicted molar refractivity (Wildman–Crippen MR) is 231 cm³/mol. The first kappa shape index (κ1) is 52.7. The molecule has 0 aliphatic rings. The third-order valence-corrected chi connectivity index (χ3v) is 10.8. The highest BCUT2D eigenvalue weighted by atomic mass is 31.2. The maximum atomic E-state index is 12.7. The molecule has 0 bridgehead atoms. The second-order valence-electron chi connectivity index (χ2n) is 16.4. The number of phosphoric acid groups is 1. The van der Waals surface area contributed by atoms with Crippen LogP contribution in [0.2, 0.25) is 0 Å². The Labute approximate surface area is 334 Å². The van der Waals surface area contributed by atoms with E-state index in [1.54, 1.807) is 6.08 Å². The van der Waals surface area contributed by atoms with Gasteiger partial charge in [-0.3, -0.25) is 13.8 Å². The second kappa shape index (κ2) is 37.3. The van der Waals surface area contributed by atoms with Gasteiger partial charge in [-0.1, -0.05) is 179 Å². The van der Waals surface area contributed by atoms with E-state index in [4.69, 9.17) is 9.05 Å². The van der Waals surface area contributed by atoms with Gasteiger partial charge in [-0.25, -0.2) is 4.57 Å². The van der Waals surface area contributed by atoms with Crippen molar-refractivity contribution < 1.29 is 32.9 Å². The lowest BCUT2D eigenvalue weighted by Gasteiger charge is -2.25. The maximum absolute atomic E-state index is 12.7. The number of unbranched alkanes of at least 4 members (excludes halogenated alkanes) is 23. The number of hydrogen-bond acceptors (Lipinski definition) is 5. The summed E-state index contributed by atoms with van der Waals surface area (Å²) in [5.74, 6) is -0.197. The van der Waals surface area contributed by atoms with Gasteiger partial charge in [0.1, 0.15) is 13.2 Å². The molecule has 0 aliphatic carbocycles. The molecule has 0 saturated carbocycles. The summed E-state index contributed by atoms with van der Waals surface area (Å²) in [6.07, 6.45) is 45.3. The van der Waals surface area contributed by atoms with Crippen molar-refractivity contribution in [3.05, 3.63) is 36.5 Å². The monoisotopic (exact) mass is 784 g/mol. The molecule has 0 aromatic rings. The SMILES string of the molecule is CCCCCCCCCCCCCCCC/C=C/CC/C=C/CC/C=C/C(O)C(COP(=O)(O)OCC[N+](C)(C)C)NC(=O)CCCCCCCCCC. The Morgan fingerprint density at radius 3 is 1.48 bits per heavy atom. The fourth-order valence-corrected chi connectivity index (χ4v) is 6.98. The van der Waals surface area contributed by atoms with Crippen LogP contribution in [0.15, 0.2) is 36.5 Å². The zero-order valence-electron chi connectivity index (χ0n) is 36.0. The van der Waals surface area contributed by atoms with Crippen molar-refractivity contribution in [3.63, 3.8) is 0 Å². The summed E-state index contributed by atoms with van der Waals surface area (Å²) >= 11 is 0. The minimum Gasteiger partial charge on any atom is -0.387 e. The van der Waals surface area contributed by atoms with Gasteiger partial charge in [-0.15, -0.1) is 0 Å². The summed E-state index contributed by atoms with van der Waals surface area (Å²) in [5, 5.41) is 13.7. The summed E-state index contributed by atoms with van der Waals surface area (Å²) in [4.78, 5) is 22.9. The van der Waals surface area contributed by atoms with Gasteiger partial charge >= 0.3 is 7.82 Å². The van der Waals surface area contributed by atoms with Crippen LogP contribution in [0.5, 0.6) is 0 Å². The van der Waals surface area contributed by atoms with E-state index in [0.717, 1.165) is 44.9 Å². The number of nitrogens with one attached hydrogen (secondary N) is 1. The van der Waals surface area contributed by atoms with Crippen molar-refractivity contribution in [1.29, 1.82) is 0 Å². The van der Waals surface area contributed by atoms with Gasteiger partial charge in [-0.2, -0.15) is 0 Å². The fraction of sp³-hybridized carbons (Fsp3) is 0.844. The van der Waals surface area contributed by atoms with Crippen molar-refractivity contribution in [2.45, 2.75) is 206 Å². The number of aliphatic hydroxyl groups excluding tert-OH is 1. The Kier molecular flexibility index (Phi) is 36.4. The molecule has 0 rings (SSSR count). The van der Waals surface area contributed by atoms with Crippen molar-refractivity contribution >= 4 is 13.7 Å². The predicted octanol–water partition coefficient (Wildman–Crippen LogP) is 12.3. The number of carbonyl (C=O) groups excluding carboxylic acids is 1. The molecule has 0 aromatic carbocycles. The van der Waals surface area contributed by atoms with E-state index >= 15 is 0 Å². The Morgan fingerprint density at radius 2 is 1.02 bits per heavy atom. The molecule has 318 valence electrons. The highest BCUT2D eigenvalue weighted by molar-refractivity contribution is 7.47. The normalized spacial score (nSPS) is 14.7. The van der Waals surface area contributed by atoms with Gasteiger partial charge in [-0.05, 0) is 44.9 Å². The standard InChI is InChI=1S/C45H87N2O6P/c1-6-8-10-12-14-16-17-18-19-20-21-22-23-24-25-26-27-28-29-30-31-32-34-36-38-44(48)43(42-53-54(50,51)52-41-40-47(3,4)5)46-45(49)39-37-35-33-15-13-11-9-7-2/h26-27,30-31,36,38,43-44,48H,6-25,28-29,32-35,37,39-42H2,1-5H3,(H-,46,49,50,51)/p+1/b27-26+,31-30+,38-36+. The summed E-state index contributed by atoms with van der Waals surface area (Å²) in [5.41, 5.74) is 0. The minimum atomic E-state index is -4.34. The zero-order valence-corrected chi connectivity index (χ0v) is 36.9. The lowest BCUT2D eigenvalue weighted by molar-refractivity contribution is -0.870. The maximum Gasteiger partial charge on any atom is 0.472 e. The summed E-state index contributed by atoms with van der Waals surface area (Å²) < 4.78 is 23.4. The molecule has 1 amide bonds. The number of quaternary nitrogens is 1. The second-order valence-corrected chi connectivity index (χ2v) is 17.9. The molecule has 3 atom stereocenters. The Balaban J connectivity index is 4.33. The van der Waals surface area contributed by atoms with Crippen molar-refractivity contribution in [2.75, 3.05) is 40.9 Å². The Bertz CT molecular complexity index is 980. The third kappa shape index (κ3) is 39.0. The number of allylic oxidation sites excluding steroid dienone is 5. The van der Waals surface area contributed by atoms with Crippen LogP contribution in [0.3, 0.4) is 0 Å². The molecule has 9 heteroatoms. The quantitative estimate of drug-likeness (QED) is 0.0247. The molecule has 8 nitrogen and oxygen atoms in total. The van der Waals surface area contributed by atoms with Crippen LogP contribution in [0.1, 0.15) is 194 Å². The van der Waals surface area contributed by atoms with Crippen LogP contribution < -0.4 is 5.32 Å². The number of phosphoric ester groups is 1. The van der Waals surface area contributed by atoms with Crippen molar-refractivity contribution in [1.82, 2.24) is 5.32 Å². The molecule has 0 saturated heterocycles. The van der Waals surface area contributed by atoms with E-state index in [2.05, 4.69) is 43.5 Å². The fourth-order valence-electron chi connectivity index (χ4n) is 6.25. The van der Waals surface area contributed by atoms with Crippen LogP contribution in [0.25, 0.3) is 0 Å². The average Bonchev–Trinajstić information content (AvgIpc) is 3.12. The number of amides is 1. The van der Waals surface area contributed by atoms with Crippen LogP contribution in [-0.2, 0) is 18.4 Å². The molecule has 0 aliphatic heterocycles. The molecule has 3 unspecified atom stereocenters. The number of likely N-dealkylation sites (N-methyl/N-ethyl adjacent to an activating group) is 1. The lowest BCUT2D eigenvalue weighted by atomic mass is 10.0. The van der Waals surface area contributed by atoms with Gasteiger partial charge < -0.3 is 19.8 Å². The number of aliphatic hydroxyl groups is 1. The molecule has 54 heavy (non-hydrogen) atoms. The summed E-state index contributed by atoms with van der Waals surface area (Å²) in [7, 11) is 1.55. The molecular formula is C45H88N2O6P+. The van der Waals surface area contributed by atoms with Gasteiger partial charge in [0.2, 0.25) is 5.91 Å². The Morgan fingerprint density at radius 1 is 0.611 bits per heavy atom. The van der Waals surface area contributed by atoms with Crippen LogP contribution >= 0.6 is 7.82 Å². The van der Waals surface area contributed by atoms with Crippen molar-refractivity contribution in [2.24, 2.45) is 0 Å². The van der Waals surface area contributed by atoms with Crippen LogP contribution in [0.4, 0.5) is 0 Å². The molecule has 0 fully saturated rings. The largest absolute Gasteiger partial charge is 0.472 e.